The first kappa shape index (κ1) is 13.4. The van der Waals surface area contributed by atoms with Gasteiger partial charge in [-0.25, -0.2) is 9.97 Å². The second-order valence-corrected chi connectivity index (χ2v) is 5.34. The molecule has 1 aromatic rings. The van der Waals surface area contributed by atoms with Crippen molar-refractivity contribution in [3.8, 4) is 0 Å². The van der Waals surface area contributed by atoms with Crippen LogP contribution in [0.4, 0.5) is 0 Å². The van der Waals surface area contributed by atoms with Gasteiger partial charge in [0.15, 0.2) is 0 Å². The van der Waals surface area contributed by atoms with Crippen molar-refractivity contribution in [2.24, 2.45) is 0 Å². The SMILES string of the molecule is COC1CCCN(Cc2cnc(C(C)C)nc2)C1. The Morgan fingerprint density at radius 3 is 2.72 bits per heavy atom. The lowest BCUT2D eigenvalue weighted by atomic mass is 10.1. The second kappa shape index (κ2) is 6.25. The lowest BCUT2D eigenvalue weighted by molar-refractivity contribution is 0.0285. The van der Waals surface area contributed by atoms with E-state index < -0.39 is 0 Å². The molecule has 0 spiro atoms. The molecule has 1 aliphatic heterocycles. The fraction of sp³-hybridized carbons (Fsp3) is 0.714. The van der Waals surface area contributed by atoms with Gasteiger partial charge in [-0.2, -0.15) is 0 Å². The summed E-state index contributed by atoms with van der Waals surface area (Å²) in [5, 5.41) is 0. The van der Waals surface area contributed by atoms with Crippen LogP contribution in [0.15, 0.2) is 12.4 Å². The normalized spacial score (nSPS) is 21.4. The molecule has 0 amide bonds. The first-order valence-corrected chi connectivity index (χ1v) is 6.75. The number of piperidine rings is 1. The number of rotatable bonds is 4. The third-order valence-electron chi connectivity index (χ3n) is 3.44. The van der Waals surface area contributed by atoms with Gasteiger partial charge in [-0.15, -0.1) is 0 Å². The molecule has 0 N–H and O–H groups in total. The van der Waals surface area contributed by atoms with Gasteiger partial charge < -0.3 is 4.74 Å². The molecule has 0 radical (unpaired) electrons. The highest BCUT2D eigenvalue weighted by Crippen LogP contribution is 2.15. The van der Waals surface area contributed by atoms with Gasteiger partial charge in [0.05, 0.1) is 6.10 Å². The molecule has 18 heavy (non-hydrogen) atoms. The predicted octanol–water partition coefficient (Wildman–Crippen LogP) is 2.21. The standard InChI is InChI=1S/C14H23N3O/c1-11(2)14-15-7-12(8-16-14)9-17-6-4-5-13(10-17)18-3/h7-8,11,13H,4-6,9-10H2,1-3H3. The van der Waals surface area contributed by atoms with Crippen LogP contribution in [-0.4, -0.2) is 41.2 Å². The van der Waals surface area contributed by atoms with Crippen LogP contribution in [0, 0.1) is 0 Å². The number of hydrogen-bond donors (Lipinski definition) is 0. The van der Waals surface area contributed by atoms with E-state index in [2.05, 4.69) is 28.7 Å². The molecule has 2 rings (SSSR count). The Morgan fingerprint density at radius 1 is 1.39 bits per heavy atom. The minimum Gasteiger partial charge on any atom is -0.380 e. The Balaban J connectivity index is 1.92. The van der Waals surface area contributed by atoms with Crippen LogP contribution in [0.2, 0.25) is 0 Å². The van der Waals surface area contributed by atoms with E-state index in [-0.39, 0.29) is 0 Å². The summed E-state index contributed by atoms with van der Waals surface area (Å²) in [6.45, 7) is 7.32. The molecule has 0 aromatic carbocycles. The van der Waals surface area contributed by atoms with Gasteiger partial charge in [-0.1, -0.05) is 13.8 Å². The average molecular weight is 249 g/mol. The lowest BCUT2D eigenvalue weighted by Crippen LogP contribution is -2.38. The van der Waals surface area contributed by atoms with Crippen molar-refractivity contribution < 1.29 is 4.74 Å². The fourth-order valence-electron chi connectivity index (χ4n) is 2.35. The summed E-state index contributed by atoms with van der Waals surface area (Å²) >= 11 is 0. The van der Waals surface area contributed by atoms with Crippen LogP contribution in [0.25, 0.3) is 0 Å². The van der Waals surface area contributed by atoms with Crippen LogP contribution >= 0.6 is 0 Å². The van der Waals surface area contributed by atoms with Crippen LogP contribution in [-0.2, 0) is 11.3 Å². The summed E-state index contributed by atoms with van der Waals surface area (Å²) in [6.07, 6.45) is 6.69. The Morgan fingerprint density at radius 2 is 2.11 bits per heavy atom. The fourth-order valence-corrected chi connectivity index (χ4v) is 2.35. The molecule has 0 saturated carbocycles. The largest absolute Gasteiger partial charge is 0.380 e. The van der Waals surface area contributed by atoms with E-state index in [1.165, 1.54) is 18.4 Å². The highest BCUT2D eigenvalue weighted by Gasteiger charge is 2.19. The molecule has 0 bridgehead atoms. The van der Waals surface area contributed by atoms with Gasteiger partial charge in [0, 0.05) is 44.1 Å². The highest BCUT2D eigenvalue weighted by atomic mass is 16.5. The molecule has 100 valence electrons. The van der Waals surface area contributed by atoms with Crippen LogP contribution in [0.3, 0.4) is 0 Å². The third-order valence-corrected chi connectivity index (χ3v) is 3.44. The number of methoxy groups -OCH3 is 1. The second-order valence-electron chi connectivity index (χ2n) is 5.34. The molecule has 1 atom stereocenters. The zero-order valence-electron chi connectivity index (χ0n) is 11.6. The Hall–Kier alpha value is -1.00. The summed E-state index contributed by atoms with van der Waals surface area (Å²) < 4.78 is 5.44. The van der Waals surface area contributed by atoms with Crippen LogP contribution < -0.4 is 0 Å². The number of ether oxygens (including phenoxy) is 1. The molecule has 1 saturated heterocycles. The van der Waals surface area contributed by atoms with Gasteiger partial charge in [0.2, 0.25) is 0 Å². The van der Waals surface area contributed by atoms with Gasteiger partial charge in [-0.05, 0) is 19.4 Å². The smallest absolute Gasteiger partial charge is 0.130 e. The maximum absolute atomic E-state index is 5.44. The van der Waals surface area contributed by atoms with Gasteiger partial charge in [0.25, 0.3) is 0 Å². The molecule has 1 fully saturated rings. The maximum atomic E-state index is 5.44. The van der Waals surface area contributed by atoms with E-state index >= 15 is 0 Å². The summed E-state index contributed by atoms with van der Waals surface area (Å²) in [4.78, 5) is 11.2. The van der Waals surface area contributed by atoms with E-state index in [0.29, 0.717) is 12.0 Å². The number of likely N-dealkylation sites (tertiary alicyclic amines) is 1. The van der Waals surface area contributed by atoms with E-state index in [0.717, 1.165) is 25.5 Å². The molecule has 1 unspecified atom stereocenters. The molecular weight excluding hydrogens is 226 g/mol. The quantitative estimate of drug-likeness (QED) is 0.820. The predicted molar refractivity (Wildman–Crippen MR) is 71.4 cm³/mol. The number of aromatic nitrogens is 2. The van der Waals surface area contributed by atoms with Gasteiger partial charge in [0.1, 0.15) is 5.82 Å². The highest BCUT2D eigenvalue weighted by molar-refractivity contribution is 5.07. The third kappa shape index (κ3) is 3.50. The molecule has 4 nitrogen and oxygen atoms in total. The Kier molecular flexibility index (Phi) is 4.66. The van der Waals surface area contributed by atoms with E-state index in [4.69, 9.17) is 4.74 Å². The monoisotopic (exact) mass is 249 g/mol. The van der Waals surface area contributed by atoms with Crippen molar-refractivity contribution in [1.29, 1.82) is 0 Å². The summed E-state index contributed by atoms with van der Waals surface area (Å²) in [6, 6.07) is 0. The van der Waals surface area contributed by atoms with Crippen molar-refractivity contribution in [1.82, 2.24) is 14.9 Å². The number of nitrogens with zero attached hydrogens (tertiary/aromatic N) is 3. The molecule has 4 heteroatoms. The van der Waals surface area contributed by atoms with E-state index in [1.54, 1.807) is 7.11 Å². The first-order valence-electron chi connectivity index (χ1n) is 6.75. The van der Waals surface area contributed by atoms with Crippen molar-refractivity contribution in [2.75, 3.05) is 20.2 Å². The van der Waals surface area contributed by atoms with Crippen molar-refractivity contribution in [3.05, 3.63) is 23.8 Å². The molecular formula is C14H23N3O. The summed E-state index contributed by atoms with van der Waals surface area (Å²) in [5.74, 6) is 1.32. The molecule has 0 aliphatic carbocycles. The van der Waals surface area contributed by atoms with Crippen molar-refractivity contribution >= 4 is 0 Å². The Labute approximate surface area is 109 Å². The Bertz CT molecular complexity index is 364. The topological polar surface area (TPSA) is 38.2 Å². The minimum absolute atomic E-state index is 0.384. The zero-order valence-corrected chi connectivity index (χ0v) is 11.6. The molecule has 1 aromatic heterocycles. The van der Waals surface area contributed by atoms with E-state index in [1.807, 2.05) is 12.4 Å². The van der Waals surface area contributed by atoms with Crippen molar-refractivity contribution in [2.45, 2.75) is 45.3 Å². The van der Waals surface area contributed by atoms with Crippen molar-refractivity contribution in [3.63, 3.8) is 0 Å². The van der Waals surface area contributed by atoms with Crippen LogP contribution in [0.5, 0.6) is 0 Å². The van der Waals surface area contributed by atoms with E-state index in [9.17, 15) is 0 Å². The minimum atomic E-state index is 0.384. The van der Waals surface area contributed by atoms with Gasteiger partial charge >= 0.3 is 0 Å². The summed E-state index contributed by atoms with van der Waals surface area (Å²) in [7, 11) is 1.80. The molecule has 2 heterocycles. The summed E-state index contributed by atoms with van der Waals surface area (Å²) in [5.41, 5.74) is 1.19. The average Bonchev–Trinajstić information content (AvgIpc) is 2.39. The van der Waals surface area contributed by atoms with Gasteiger partial charge in [-0.3, -0.25) is 4.90 Å². The zero-order chi connectivity index (χ0) is 13.0. The lowest BCUT2D eigenvalue weighted by Gasteiger charge is -2.31. The molecule has 1 aliphatic rings. The maximum Gasteiger partial charge on any atom is 0.130 e. The number of hydrogen-bond acceptors (Lipinski definition) is 4. The first-order chi connectivity index (χ1) is 8.69. The van der Waals surface area contributed by atoms with Crippen LogP contribution in [0.1, 0.15) is 44.0 Å².